The van der Waals surface area contributed by atoms with Gasteiger partial charge in [0.05, 0.1) is 7.11 Å². The van der Waals surface area contributed by atoms with Crippen molar-refractivity contribution in [2.45, 2.75) is 38.5 Å². The molecule has 0 unspecified atom stereocenters. The van der Waals surface area contributed by atoms with E-state index in [0.717, 1.165) is 35.7 Å². The summed E-state index contributed by atoms with van der Waals surface area (Å²) < 4.78 is 17.1. The van der Waals surface area contributed by atoms with E-state index in [2.05, 4.69) is 0 Å². The first kappa shape index (κ1) is 21.1. The molecule has 0 saturated carbocycles. The highest BCUT2D eigenvalue weighted by Gasteiger charge is 2.51. The molecular formula is C26H26N2O5. The number of aryl methyl sites for hydroxylation is 1. The summed E-state index contributed by atoms with van der Waals surface area (Å²) in [7, 11) is 1.60. The largest absolute Gasteiger partial charge is 0.497 e. The van der Waals surface area contributed by atoms with E-state index in [1.807, 2.05) is 48.2 Å². The van der Waals surface area contributed by atoms with Crippen molar-refractivity contribution in [3.63, 3.8) is 0 Å². The van der Waals surface area contributed by atoms with E-state index in [1.165, 1.54) is 0 Å². The first-order chi connectivity index (χ1) is 16.0. The predicted molar refractivity (Wildman–Crippen MR) is 122 cm³/mol. The Kier molecular flexibility index (Phi) is 5.54. The lowest BCUT2D eigenvalue weighted by Gasteiger charge is -2.45. The Balaban J connectivity index is 1.37. The predicted octanol–water partition coefficient (Wildman–Crippen LogP) is 4.25. The molecule has 0 radical (unpaired) electrons. The van der Waals surface area contributed by atoms with Crippen LogP contribution in [0.25, 0.3) is 0 Å². The van der Waals surface area contributed by atoms with E-state index in [1.54, 1.807) is 36.3 Å². The number of ether oxygens (including phenoxy) is 2. The molecule has 2 aromatic carbocycles. The molecule has 0 spiro atoms. The van der Waals surface area contributed by atoms with E-state index >= 15 is 0 Å². The summed E-state index contributed by atoms with van der Waals surface area (Å²) >= 11 is 0. The van der Waals surface area contributed by atoms with Crippen molar-refractivity contribution in [1.29, 1.82) is 0 Å². The molecule has 2 aliphatic rings. The van der Waals surface area contributed by atoms with Gasteiger partial charge >= 0.3 is 0 Å². The molecule has 7 heteroatoms. The van der Waals surface area contributed by atoms with Crippen molar-refractivity contribution >= 4 is 17.5 Å². The molecule has 0 bridgehead atoms. The maximum Gasteiger partial charge on any atom is 0.267 e. The monoisotopic (exact) mass is 446 g/mol. The van der Waals surface area contributed by atoms with Crippen LogP contribution in [0.15, 0.2) is 65.1 Å². The SMILES string of the molecule is COc1ccc(O[C@H]2C(=O)N(Cc3cccc(N4CCCC4=O)c3)[C@H]2c2ccc(C)o2)cc1. The van der Waals surface area contributed by atoms with Gasteiger partial charge in [0, 0.05) is 25.2 Å². The number of carbonyl (C=O) groups excluding carboxylic acids is 2. The average Bonchev–Trinajstić information content (AvgIpc) is 3.46. The zero-order chi connectivity index (χ0) is 22.9. The van der Waals surface area contributed by atoms with Gasteiger partial charge in [0.2, 0.25) is 12.0 Å². The molecule has 2 aliphatic heterocycles. The van der Waals surface area contributed by atoms with Crippen LogP contribution in [-0.4, -0.2) is 36.5 Å². The Labute approximate surface area is 192 Å². The van der Waals surface area contributed by atoms with Crippen LogP contribution in [0.5, 0.6) is 11.5 Å². The smallest absolute Gasteiger partial charge is 0.267 e. The summed E-state index contributed by atoms with van der Waals surface area (Å²) in [6.07, 6.45) is 0.782. The number of benzene rings is 2. The molecule has 2 amide bonds. The second kappa shape index (κ2) is 8.65. The fourth-order valence-corrected chi connectivity index (χ4v) is 4.46. The maximum absolute atomic E-state index is 13.1. The van der Waals surface area contributed by atoms with Crippen LogP contribution in [-0.2, 0) is 16.1 Å². The van der Waals surface area contributed by atoms with Crippen LogP contribution in [0.4, 0.5) is 5.69 Å². The molecule has 3 aromatic rings. The van der Waals surface area contributed by atoms with E-state index in [4.69, 9.17) is 13.9 Å². The molecule has 1 aromatic heterocycles. The van der Waals surface area contributed by atoms with E-state index in [-0.39, 0.29) is 17.9 Å². The summed E-state index contributed by atoms with van der Waals surface area (Å²) in [5, 5.41) is 0. The minimum atomic E-state index is -0.674. The molecule has 33 heavy (non-hydrogen) atoms. The van der Waals surface area contributed by atoms with Crippen LogP contribution in [0, 0.1) is 6.92 Å². The van der Waals surface area contributed by atoms with E-state index in [0.29, 0.717) is 24.5 Å². The molecule has 3 heterocycles. The number of hydrogen-bond donors (Lipinski definition) is 0. The molecule has 0 aliphatic carbocycles. The molecule has 2 fully saturated rings. The number of methoxy groups -OCH3 is 1. The number of anilines is 1. The standard InChI is InChI=1S/C26H26N2O5/c1-17-8-13-22(32-17)24-25(33-21-11-9-20(31-2)10-12-21)26(30)28(24)16-18-5-3-6-19(15-18)27-14-4-7-23(27)29/h3,5-6,8-13,15,24-25H,4,7,14,16H2,1-2H3/t24-,25+/m0/s1. The lowest BCUT2D eigenvalue weighted by molar-refractivity contribution is -0.167. The van der Waals surface area contributed by atoms with Crippen LogP contribution < -0.4 is 14.4 Å². The van der Waals surface area contributed by atoms with Crippen molar-refractivity contribution < 1.29 is 23.5 Å². The topological polar surface area (TPSA) is 72.2 Å². The molecule has 170 valence electrons. The minimum absolute atomic E-state index is 0.104. The lowest BCUT2D eigenvalue weighted by Crippen LogP contribution is -2.60. The molecule has 0 N–H and O–H groups in total. The highest BCUT2D eigenvalue weighted by Crippen LogP contribution is 2.40. The second-order valence-electron chi connectivity index (χ2n) is 8.39. The minimum Gasteiger partial charge on any atom is -0.497 e. The summed E-state index contributed by atoms with van der Waals surface area (Å²) in [5.41, 5.74) is 1.83. The highest BCUT2D eigenvalue weighted by atomic mass is 16.5. The number of carbonyl (C=O) groups is 2. The number of nitrogens with zero attached hydrogens (tertiary/aromatic N) is 2. The van der Waals surface area contributed by atoms with Crippen LogP contribution in [0.3, 0.4) is 0 Å². The Bertz CT molecular complexity index is 1170. The van der Waals surface area contributed by atoms with Crippen molar-refractivity contribution in [3.8, 4) is 11.5 Å². The summed E-state index contributed by atoms with van der Waals surface area (Å²) in [6, 6.07) is 18.4. The van der Waals surface area contributed by atoms with Crippen molar-refractivity contribution in [2.24, 2.45) is 0 Å². The third kappa shape index (κ3) is 4.06. The Morgan fingerprint density at radius 3 is 2.48 bits per heavy atom. The molecule has 2 atom stereocenters. The van der Waals surface area contributed by atoms with Crippen molar-refractivity contribution in [1.82, 2.24) is 4.90 Å². The average molecular weight is 447 g/mol. The van der Waals surface area contributed by atoms with Crippen LogP contribution in [0.2, 0.25) is 0 Å². The molecule has 2 saturated heterocycles. The van der Waals surface area contributed by atoms with Gasteiger partial charge in [-0.25, -0.2) is 0 Å². The normalized spacial score (nSPS) is 20.2. The number of hydrogen-bond acceptors (Lipinski definition) is 5. The Morgan fingerprint density at radius 2 is 1.82 bits per heavy atom. The van der Waals surface area contributed by atoms with Gasteiger partial charge < -0.3 is 23.7 Å². The lowest BCUT2D eigenvalue weighted by atomic mass is 9.94. The fourth-order valence-electron chi connectivity index (χ4n) is 4.46. The third-order valence-corrected chi connectivity index (χ3v) is 6.17. The number of furan rings is 1. The number of likely N-dealkylation sites (tertiary alicyclic amines) is 1. The molecular weight excluding hydrogens is 420 g/mol. The molecule has 5 rings (SSSR count). The summed E-state index contributed by atoms with van der Waals surface area (Å²) in [5.74, 6) is 2.82. The third-order valence-electron chi connectivity index (χ3n) is 6.17. The number of rotatable bonds is 7. The van der Waals surface area contributed by atoms with Crippen molar-refractivity contribution in [2.75, 3.05) is 18.6 Å². The zero-order valence-electron chi connectivity index (χ0n) is 18.7. The Morgan fingerprint density at radius 1 is 1.03 bits per heavy atom. The van der Waals surface area contributed by atoms with Gasteiger partial charge in [-0.2, -0.15) is 0 Å². The Hall–Kier alpha value is -3.74. The van der Waals surface area contributed by atoms with Gasteiger partial charge in [-0.15, -0.1) is 0 Å². The molecule has 7 nitrogen and oxygen atoms in total. The maximum atomic E-state index is 13.1. The highest BCUT2D eigenvalue weighted by molar-refractivity contribution is 5.95. The van der Waals surface area contributed by atoms with Gasteiger partial charge in [0.1, 0.15) is 29.1 Å². The number of β-lactam (4-membered cyclic amide) rings is 1. The summed E-state index contributed by atoms with van der Waals surface area (Å²) in [6.45, 7) is 3.02. The van der Waals surface area contributed by atoms with Crippen LogP contribution in [0.1, 0.15) is 36.0 Å². The first-order valence-electron chi connectivity index (χ1n) is 11.1. The van der Waals surface area contributed by atoms with E-state index < -0.39 is 6.10 Å². The van der Waals surface area contributed by atoms with E-state index in [9.17, 15) is 9.59 Å². The van der Waals surface area contributed by atoms with Gasteiger partial charge in [-0.1, -0.05) is 12.1 Å². The summed E-state index contributed by atoms with van der Waals surface area (Å²) in [4.78, 5) is 28.9. The first-order valence-corrected chi connectivity index (χ1v) is 11.1. The number of amides is 2. The van der Waals surface area contributed by atoms with Crippen molar-refractivity contribution in [3.05, 3.63) is 77.7 Å². The van der Waals surface area contributed by atoms with Gasteiger partial charge in [-0.05, 0) is 67.4 Å². The van der Waals surface area contributed by atoms with Gasteiger partial charge in [0.15, 0.2) is 0 Å². The fraction of sp³-hybridized carbons (Fsp3) is 0.308. The second-order valence-corrected chi connectivity index (χ2v) is 8.39. The zero-order valence-corrected chi connectivity index (χ0v) is 18.7. The van der Waals surface area contributed by atoms with Gasteiger partial charge in [-0.3, -0.25) is 9.59 Å². The van der Waals surface area contributed by atoms with Gasteiger partial charge in [0.25, 0.3) is 5.91 Å². The van der Waals surface area contributed by atoms with Crippen LogP contribution >= 0.6 is 0 Å². The quantitative estimate of drug-likeness (QED) is 0.507.